The van der Waals surface area contributed by atoms with E-state index in [9.17, 15) is 4.79 Å². The van der Waals surface area contributed by atoms with Gasteiger partial charge in [-0.15, -0.1) is 0 Å². The molecular formula is C20H23NO5. The molecule has 0 aromatic heterocycles. The number of nitrogens with zero attached hydrogens (tertiary/aromatic N) is 1. The molecule has 0 amide bonds. The van der Waals surface area contributed by atoms with Gasteiger partial charge in [0.25, 0.3) is 0 Å². The second-order valence-corrected chi connectivity index (χ2v) is 5.82. The molecule has 2 aromatic rings. The summed E-state index contributed by atoms with van der Waals surface area (Å²) in [5, 5.41) is 3.91. The first-order valence-electron chi connectivity index (χ1n) is 8.19. The van der Waals surface area contributed by atoms with Crippen molar-refractivity contribution >= 4 is 11.7 Å². The van der Waals surface area contributed by atoms with E-state index in [0.29, 0.717) is 28.5 Å². The van der Waals surface area contributed by atoms with Crippen LogP contribution in [0, 0.1) is 0 Å². The van der Waals surface area contributed by atoms with Crippen LogP contribution in [0.4, 0.5) is 0 Å². The van der Waals surface area contributed by atoms with Crippen LogP contribution in [0.25, 0.3) is 0 Å². The molecule has 0 saturated carbocycles. The van der Waals surface area contributed by atoms with Gasteiger partial charge in [-0.25, -0.2) is 4.79 Å². The number of benzene rings is 2. The van der Waals surface area contributed by atoms with Crippen LogP contribution in [0.5, 0.6) is 17.2 Å². The van der Waals surface area contributed by atoms with E-state index >= 15 is 0 Å². The zero-order chi connectivity index (χ0) is 19.1. The number of carbonyl (C=O) groups excluding carboxylic acids is 1. The second-order valence-electron chi connectivity index (χ2n) is 5.82. The lowest BCUT2D eigenvalue weighted by molar-refractivity contribution is 0.0516. The molecule has 0 fully saturated rings. The van der Waals surface area contributed by atoms with Crippen LogP contribution in [0.2, 0.25) is 0 Å². The molecule has 0 saturated heterocycles. The highest BCUT2D eigenvalue weighted by Crippen LogP contribution is 2.27. The van der Waals surface area contributed by atoms with Crippen molar-refractivity contribution < 1.29 is 23.8 Å². The molecule has 0 aliphatic heterocycles. The van der Waals surface area contributed by atoms with E-state index in [4.69, 9.17) is 19.0 Å². The number of hydrogen-bond acceptors (Lipinski definition) is 6. The number of ether oxygens (including phenoxy) is 3. The molecule has 138 valence electrons. The predicted octanol–water partition coefficient (Wildman–Crippen LogP) is 4.07. The third-order valence-electron chi connectivity index (χ3n) is 3.53. The zero-order valence-electron chi connectivity index (χ0n) is 15.6. The lowest BCUT2D eigenvalue weighted by Gasteiger charge is -2.10. The molecule has 0 aliphatic rings. The van der Waals surface area contributed by atoms with Crippen LogP contribution in [-0.2, 0) is 4.84 Å². The SMILES string of the molecule is COc1ccc(C(C)=NOC(=O)c2ccc(OC(C)C)cc2)cc1OC. The fourth-order valence-corrected chi connectivity index (χ4v) is 2.22. The number of methoxy groups -OCH3 is 2. The summed E-state index contributed by atoms with van der Waals surface area (Å²) in [6, 6.07) is 12.1. The minimum atomic E-state index is -0.541. The Bertz CT molecular complexity index is 781. The van der Waals surface area contributed by atoms with Gasteiger partial charge in [0.2, 0.25) is 0 Å². The van der Waals surface area contributed by atoms with Gasteiger partial charge in [-0.05, 0) is 63.2 Å². The van der Waals surface area contributed by atoms with Crippen molar-refractivity contribution in [3.8, 4) is 17.2 Å². The summed E-state index contributed by atoms with van der Waals surface area (Å²) >= 11 is 0. The van der Waals surface area contributed by atoms with E-state index < -0.39 is 5.97 Å². The van der Waals surface area contributed by atoms with E-state index in [2.05, 4.69) is 5.16 Å². The van der Waals surface area contributed by atoms with Crippen molar-refractivity contribution in [2.24, 2.45) is 5.16 Å². The normalized spacial score (nSPS) is 11.2. The third kappa shape index (κ3) is 4.99. The average Bonchev–Trinajstić information content (AvgIpc) is 2.65. The summed E-state index contributed by atoms with van der Waals surface area (Å²) < 4.78 is 16.0. The maximum Gasteiger partial charge on any atom is 0.365 e. The first-order valence-corrected chi connectivity index (χ1v) is 8.19. The topological polar surface area (TPSA) is 66.4 Å². The van der Waals surface area contributed by atoms with Gasteiger partial charge in [0, 0.05) is 5.56 Å². The largest absolute Gasteiger partial charge is 0.493 e. The zero-order valence-corrected chi connectivity index (χ0v) is 15.6. The van der Waals surface area contributed by atoms with Crippen LogP contribution in [0.15, 0.2) is 47.6 Å². The van der Waals surface area contributed by atoms with E-state index in [1.807, 2.05) is 19.9 Å². The van der Waals surface area contributed by atoms with Gasteiger partial charge < -0.3 is 19.0 Å². The summed E-state index contributed by atoms with van der Waals surface area (Å²) in [6.07, 6.45) is 0.0709. The van der Waals surface area contributed by atoms with Crippen molar-refractivity contribution in [3.63, 3.8) is 0 Å². The van der Waals surface area contributed by atoms with Crippen molar-refractivity contribution in [3.05, 3.63) is 53.6 Å². The van der Waals surface area contributed by atoms with Crippen LogP contribution >= 0.6 is 0 Å². The van der Waals surface area contributed by atoms with Crippen LogP contribution in [0.3, 0.4) is 0 Å². The molecule has 0 aliphatic carbocycles. The van der Waals surface area contributed by atoms with Gasteiger partial charge in [0.15, 0.2) is 11.5 Å². The number of carbonyl (C=O) groups is 1. The first-order chi connectivity index (χ1) is 12.4. The van der Waals surface area contributed by atoms with Gasteiger partial charge >= 0.3 is 5.97 Å². The van der Waals surface area contributed by atoms with E-state index in [0.717, 1.165) is 5.56 Å². The van der Waals surface area contributed by atoms with Crippen LogP contribution in [-0.4, -0.2) is 32.0 Å². The van der Waals surface area contributed by atoms with Gasteiger partial charge in [-0.1, -0.05) is 5.16 Å². The molecule has 6 heteroatoms. The fraction of sp³-hybridized carbons (Fsp3) is 0.300. The van der Waals surface area contributed by atoms with Crippen molar-refractivity contribution in [1.29, 1.82) is 0 Å². The highest BCUT2D eigenvalue weighted by Gasteiger charge is 2.10. The highest BCUT2D eigenvalue weighted by molar-refractivity contribution is 5.99. The molecule has 26 heavy (non-hydrogen) atoms. The summed E-state index contributed by atoms with van der Waals surface area (Å²) in [7, 11) is 3.12. The Hall–Kier alpha value is -3.02. The molecule has 0 atom stereocenters. The van der Waals surface area contributed by atoms with E-state index in [1.54, 1.807) is 57.5 Å². The van der Waals surface area contributed by atoms with Gasteiger partial charge in [0.05, 0.1) is 31.6 Å². The molecule has 0 radical (unpaired) electrons. The Morgan fingerprint density at radius 3 is 2.12 bits per heavy atom. The first kappa shape index (κ1) is 19.3. The highest BCUT2D eigenvalue weighted by atomic mass is 16.7. The summed E-state index contributed by atoms with van der Waals surface area (Å²) in [5.74, 6) is 1.35. The molecule has 6 nitrogen and oxygen atoms in total. The van der Waals surface area contributed by atoms with Crippen molar-refractivity contribution in [1.82, 2.24) is 0 Å². The Balaban J connectivity index is 2.07. The molecular weight excluding hydrogens is 334 g/mol. The standard InChI is InChI=1S/C20H23NO5/c1-13(2)25-17-9-6-15(7-10-17)20(22)26-21-14(3)16-8-11-18(23-4)19(12-16)24-5/h6-13H,1-5H3. The summed E-state index contributed by atoms with van der Waals surface area (Å²) in [5.41, 5.74) is 1.69. The lowest BCUT2D eigenvalue weighted by atomic mass is 10.1. The smallest absolute Gasteiger partial charge is 0.365 e. The summed E-state index contributed by atoms with van der Waals surface area (Å²) in [6.45, 7) is 5.62. The molecule has 0 bridgehead atoms. The molecule has 2 aromatic carbocycles. The predicted molar refractivity (Wildman–Crippen MR) is 99.4 cm³/mol. The Labute approximate surface area is 153 Å². The minimum Gasteiger partial charge on any atom is -0.493 e. The quantitative estimate of drug-likeness (QED) is 0.424. The maximum absolute atomic E-state index is 12.1. The number of oxime groups is 1. The molecule has 0 unspecified atom stereocenters. The second kappa shape index (κ2) is 8.89. The molecule has 2 rings (SSSR count). The van der Waals surface area contributed by atoms with E-state index in [-0.39, 0.29) is 6.10 Å². The fourth-order valence-electron chi connectivity index (χ4n) is 2.22. The van der Waals surface area contributed by atoms with Gasteiger partial charge in [0.1, 0.15) is 5.75 Å². The molecule has 0 N–H and O–H groups in total. The molecule has 0 spiro atoms. The average molecular weight is 357 g/mol. The number of rotatable bonds is 7. The summed E-state index contributed by atoms with van der Waals surface area (Å²) in [4.78, 5) is 17.2. The van der Waals surface area contributed by atoms with Crippen molar-refractivity contribution in [2.45, 2.75) is 26.9 Å². The van der Waals surface area contributed by atoms with Crippen LogP contribution < -0.4 is 14.2 Å². The van der Waals surface area contributed by atoms with E-state index in [1.165, 1.54) is 0 Å². The van der Waals surface area contributed by atoms with Crippen molar-refractivity contribution in [2.75, 3.05) is 14.2 Å². The Morgan fingerprint density at radius 1 is 0.923 bits per heavy atom. The minimum absolute atomic E-state index is 0.0709. The van der Waals surface area contributed by atoms with Gasteiger partial charge in [-0.2, -0.15) is 0 Å². The Morgan fingerprint density at radius 2 is 1.54 bits per heavy atom. The molecule has 0 heterocycles. The third-order valence-corrected chi connectivity index (χ3v) is 3.53. The number of hydrogen-bond donors (Lipinski definition) is 0. The Kier molecular flexibility index (Phi) is 6.60. The monoisotopic (exact) mass is 357 g/mol. The van der Waals surface area contributed by atoms with Crippen LogP contribution in [0.1, 0.15) is 36.7 Å². The van der Waals surface area contributed by atoms with Gasteiger partial charge in [-0.3, -0.25) is 0 Å². The maximum atomic E-state index is 12.1. The lowest BCUT2D eigenvalue weighted by Crippen LogP contribution is -2.07.